The van der Waals surface area contributed by atoms with Crippen molar-refractivity contribution in [3.63, 3.8) is 0 Å². The van der Waals surface area contributed by atoms with Crippen molar-refractivity contribution >= 4 is 0 Å². The summed E-state index contributed by atoms with van der Waals surface area (Å²) in [5, 5.41) is 3.07. The first-order chi connectivity index (χ1) is 5.09. The van der Waals surface area contributed by atoms with Crippen molar-refractivity contribution < 1.29 is 0 Å². The quantitative estimate of drug-likeness (QED) is 0.586. The van der Waals surface area contributed by atoms with Crippen LogP contribution in [0.3, 0.4) is 0 Å². The first kappa shape index (κ1) is 10.7. The molecule has 1 unspecified atom stereocenters. The van der Waals surface area contributed by atoms with Crippen molar-refractivity contribution in [2.24, 2.45) is 11.7 Å². The van der Waals surface area contributed by atoms with Gasteiger partial charge in [-0.25, -0.2) is 0 Å². The highest BCUT2D eigenvalue weighted by Gasteiger charge is 2.08. The van der Waals surface area contributed by atoms with E-state index in [0.717, 1.165) is 18.5 Å². The molecule has 0 saturated carbocycles. The van der Waals surface area contributed by atoms with Crippen molar-refractivity contribution in [3.05, 3.63) is 12.2 Å². The molecule has 2 nitrogen and oxygen atoms in total. The molecule has 2 heteroatoms. The van der Waals surface area contributed by atoms with Crippen LogP contribution in [-0.4, -0.2) is 19.6 Å². The summed E-state index contributed by atoms with van der Waals surface area (Å²) in [6.07, 6.45) is 0.980. The van der Waals surface area contributed by atoms with Gasteiger partial charge in [0.2, 0.25) is 0 Å². The second-order valence-electron chi connectivity index (χ2n) is 3.23. The van der Waals surface area contributed by atoms with Gasteiger partial charge in [0, 0.05) is 6.04 Å². The summed E-state index contributed by atoms with van der Waals surface area (Å²) in [7, 11) is 1.94. The minimum Gasteiger partial charge on any atom is -0.324 e. The molecule has 0 bridgehead atoms. The maximum atomic E-state index is 5.86. The van der Waals surface area contributed by atoms with Gasteiger partial charge in [0.25, 0.3) is 0 Å². The number of rotatable bonds is 5. The fourth-order valence-corrected chi connectivity index (χ4v) is 0.913. The summed E-state index contributed by atoms with van der Waals surface area (Å²) in [5.41, 5.74) is 7.02. The average Bonchev–Trinajstić information content (AvgIpc) is 1.98. The molecule has 0 radical (unpaired) electrons. The molecule has 1 atom stereocenters. The molecule has 0 spiro atoms. The van der Waals surface area contributed by atoms with Crippen LogP contribution in [0, 0.1) is 5.92 Å². The first-order valence-electron chi connectivity index (χ1n) is 4.18. The summed E-state index contributed by atoms with van der Waals surface area (Å²) in [6, 6.07) is 0.155. The summed E-state index contributed by atoms with van der Waals surface area (Å²) in [6.45, 7) is 9.17. The lowest BCUT2D eigenvalue weighted by atomic mass is 9.96. The minimum absolute atomic E-state index is 0.155. The molecule has 0 fully saturated rings. The monoisotopic (exact) mass is 156 g/mol. The summed E-state index contributed by atoms with van der Waals surface area (Å²) < 4.78 is 0. The van der Waals surface area contributed by atoms with Crippen molar-refractivity contribution in [3.8, 4) is 0 Å². The zero-order valence-corrected chi connectivity index (χ0v) is 7.85. The van der Waals surface area contributed by atoms with Crippen LogP contribution >= 0.6 is 0 Å². The standard InChI is InChI=1S/C9H20N2/c1-7(2)8(3)9(10)5-6-11-4/h7,9,11H,3,5-6,10H2,1-2,4H3. The van der Waals surface area contributed by atoms with Gasteiger partial charge in [0.15, 0.2) is 0 Å². The van der Waals surface area contributed by atoms with E-state index in [1.54, 1.807) is 0 Å². The molecular formula is C9H20N2. The van der Waals surface area contributed by atoms with Gasteiger partial charge in [0.05, 0.1) is 0 Å². The topological polar surface area (TPSA) is 38.0 Å². The van der Waals surface area contributed by atoms with E-state index in [9.17, 15) is 0 Å². The lowest BCUT2D eigenvalue weighted by molar-refractivity contribution is 0.588. The SMILES string of the molecule is C=C(C(C)C)C(N)CCNC. The van der Waals surface area contributed by atoms with Crippen LogP contribution in [0.2, 0.25) is 0 Å². The van der Waals surface area contributed by atoms with Gasteiger partial charge in [0.1, 0.15) is 0 Å². The Balaban J connectivity index is 3.64. The van der Waals surface area contributed by atoms with Gasteiger partial charge in [-0.1, -0.05) is 26.0 Å². The molecule has 3 N–H and O–H groups in total. The van der Waals surface area contributed by atoms with Crippen molar-refractivity contribution in [1.82, 2.24) is 5.32 Å². The lowest BCUT2D eigenvalue weighted by Crippen LogP contribution is -2.28. The van der Waals surface area contributed by atoms with Crippen LogP contribution in [0.4, 0.5) is 0 Å². The van der Waals surface area contributed by atoms with Crippen LogP contribution in [0.25, 0.3) is 0 Å². The molecule has 0 amide bonds. The number of hydrogen-bond acceptors (Lipinski definition) is 2. The van der Waals surface area contributed by atoms with Crippen LogP contribution in [0.1, 0.15) is 20.3 Å². The van der Waals surface area contributed by atoms with E-state index >= 15 is 0 Å². The number of hydrogen-bond donors (Lipinski definition) is 2. The Morgan fingerprint density at radius 1 is 1.55 bits per heavy atom. The highest BCUT2D eigenvalue weighted by atomic mass is 14.8. The lowest BCUT2D eigenvalue weighted by Gasteiger charge is -2.17. The molecule has 0 aliphatic heterocycles. The van der Waals surface area contributed by atoms with Gasteiger partial charge < -0.3 is 11.1 Å². The second kappa shape index (κ2) is 5.33. The Labute approximate surface area is 69.9 Å². The molecule has 0 aliphatic carbocycles. The second-order valence-corrected chi connectivity index (χ2v) is 3.23. The highest BCUT2D eigenvalue weighted by Crippen LogP contribution is 2.11. The van der Waals surface area contributed by atoms with E-state index in [1.807, 2.05) is 7.05 Å². The average molecular weight is 156 g/mol. The van der Waals surface area contributed by atoms with E-state index in [-0.39, 0.29) is 6.04 Å². The number of nitrogens with two attached hydrogens (primary N) is 1. The molecule has 0 aliphatic rings. The molecule has 0 aromatic rings. The Hall–Kier alpha value is -0.340. The van der Waals surface area contributed by atoms with Crippen LogP contribution < -0.4 is 11.1 Å². The van der Waals surface area contributed by atoms with E-state index in [0.29, 0.717) is 5.92 Å². The molecule has 0 saturated heterocycles. The Morgan fingerprint density at radius 2 is 2.09 bits per heavy atom. The Kier molecular flexibility index (Phi) is 5.16. The minimum atomic E-state index is 0.155. The molecular weight excluding hydrogens is 136 g/mol. The maximum Gasteiger partial charge on any atom is 0.0265 e. The Bertz CT molecular complexity index is 119. The molecule has 0 aromatic carbocycles. The highest BCUT2D eigenvalue weighted by molar-refractivity contribution is 5.06. The molecule has 0 aromatic heterocycles. The largest absolute Gasteiger partial charge is 0.324 e. The molecule has 11 heavy (non-hydrogen) atoms. The normalized spacial score (nSPS) is 13.5. The van der Waals surface area contributed by atoms with Crippen LogP contribution in [-0.2, 0) is 0 Å². The predicted molar refractivity (Wildman–Crippen MR) is 50.5 cm³/mol. The van der Waals surface area contributed by atoms with Crippen molar-refractivity contribution in [2.45, 2.75) is 26.3 Å². The fourth-order valence-electron chi connectivity index (χ4n) is 0.913. The van der Waals surface area contributed by atoms with Crippen molar-refractivity contribution in [2.75, 3.05) is 13.6 Å². The van der Waals surface area contributed by atoms with Gasteiger partial charge in [-0.15, -0.1) is 0 Å². The van der Waals surface area contributed by atoms with Gasteiger partial charge >= 0.3 is 0 Å². The van der Waals surface area contributed by atoms with E-state index in [1.165, 1.54) is 0 Å². The summed E-state index contributed by atoms with van der Waals surface area (Å²) in [4.78, 5) is 0. The molecule has 0 heterocycles. The smallest absolute Gasteiger partial charge is 0.0265 e. The zero-order chi connectivity index (χ0) is 8.85. The zero-order valence-electron chi connectivity index (χ0n) is 7.85. The maximum absolute atomic E-state index is 5.86. The molecule has 0 rings (SSSR count). The van der Waals surface area contributed by atoms with Gasteiger partial charge in [-0.2, -0.15) is 0 Å². The van der Waals surface area contributed by atoms with Gasteiger partial charge in [-0.05, 0) is 25.9 Å². The Morgan fingerprint density at radius 3 is 2.45 bits per heavy atom. The predicted octanol–water partition coefficient (Wildman–Crippen LogP) is 1.14. The third kappa shape index (κ3) is 4.17. The van der Waals surface area contributed by atoms with E-state index in [2.05, 4.69) is 25.7 Å². The van der Waals surface area contributed by atoms with Crippen LogP contribution in [0.15, 0.2) is 12.2 Å². The third-order valence-corrected chi connectivity index (χ3v) is 1.92. The summed E-state index contributed by atoms with van der Waals surface area (Å²) >= 11 is 0. The molecule has 66 valence electrons. The van der Waals surface area contributed by atoms with E-state index < -0.39 is 0 Å². The number of nitrogens with one attached hydrogen (secondary N) is 1. The van der Waals surface area contributed by atoms with E-state index in [4.69, 9.17) is 5.73 Å². The van der Waals surface area contributed by atoms with Crippen molar-refractivity contribution in [1.29, 1.82) is 0 Å². The summed E-state index contributed by atoms with van der Waals surface area (Å²) in [5.74, 6) is 0.502. The third-order valence-electron chi connectivity index (χ3n) is 1.92. The fraction of sp³-hybridized carbons (Fsp3) is 0.778. The van der Waals surface area contributed by atoms with Crippen LogP contribution in [0.5, 0.6) is 0 Å². The first-order valence-corrected chi connectivity index (χ1v) is 4.18. The van der Waals surface area contributed by atoms with Gasteiger partial charge in [-0.3, -0.25) is 0 Å².